The smallest absolute Gasteiger partial charge is 0.247 e. The first-order valence-corrected chi connectivity index (χ1v) is 12.7. The number of nitrogens with zero attached hydrogens (tertiary/aromatic N) is 4. The van der Waals surface area contributed by atoms with E-state index >= 15 is 0 Å². The lowest BCUT2D eigenvalue weighted by Gasteiger charge is -2.32. The standard InChI is InChI=1S/C27H32N4O2S/c1-8-22(32)31-24-19(7)11-16(4)12-21(24)23-25(28-27(30-29-23)34-14-15(2)3)33-26(31)20-10-9-17(5)18(6)13-20/h9-13,15,26H,8,14H2,1-7H3/t26-/m0/s1. The molecule has 1 atom stereocenters. The number of aromatic nitrogens is 3. The molecule has 7 heteroatoms. The van der Waals surface area contributed by atoms with Crippen molar-refractivity contribution in [1.29, 1.82) is 0 Å². The van der Waals surface area contributed by atoms with E-state index in [1.54, 1.807) is 16.7 Å². The number of thioether (sulfide) groups is 1. The van der Waals surface area contributed by atoms with Crippen molar-refractivity contribution in [2.45, 2.75) is 66.3 Å². The first-order chi connectivity index (χ1) is 16.2. The van der Waals surface area contributed by atoms with Crippen LogP contribution in [0.2, 0.25) is 0 Å². The van der Waals surface area contributed by atoms with Crippen LogP contribution in [0.25, 0.3) is 11.3 Å². The van der Waals surface area contributed by atoms with Gasteiger partial charge in [0.15, 0.2) is 5.69 Å². The van der Waals surface area contributed by atoms with Crippen LogP contribution in [0.1, 0.15) is 61.2 Å². The highest BCUT2D eigenvalue weighted by Gasteiger charge is 2.36. The van der Waals surface area contributed by atoms with Gasteiger partial charge in [-0.25, -0.2) is 0 Å². The molecule has 1 amide bonds. The molecule has 2 aromatic carbocycles. The third-order valence-electron chi connectivity index (χ3n) is 5.97. The van der Waals surface area contributed by atoms with Gasteiger partial charge in [-0.15, -0.1) is 10.2 Å². The van der Waals surface area contributed by atoms with E-state index in [0.717, 1.165) is 39.3 Å². The fraction of sp³-hybridized carbons (Fsp3) is 0.407. The molecule has 1 aromatic heterocycles. The number of rotatable bonds is 5. The number of benzene rings is 2. The average molecular weight is 477 g/mol. The fourth-order valence-electron chi connectivity index (χ4n) is 4.15. The second kappa shape index (κ2) is 9.74. The summed E-state index contributed by atoms with van der Waals surface area (Å²) in [7, 11) is 0. The third-order valence-corrected chi connectivity index (χ3v) is 7.23. The van der Waals surface area contributed by atoms with Gasteiger partial charge in [0.2, 0.25) is 23.2 Å². The van der Waals surface area contributed by atoms with E-state index in [9.17, 15) is 4.79 Å². The summed E-state index contributed by atoms with van der Waals surface area (Å²) in [5, 5.41) is 9.54. The predicted molar refractivity (Wildman–Crippen MR) is 137 cm³/mol. The molecule has 3 aromatic rings. The van der Waals surface area contributed by atoms with Crippen molar-refractivity contribution in [1.82, 2.24) is 15.2 Å². The molecule has 1 aliphatic rings. The van der Waals surface area contributed by atoms with Crippen molar-refractivity contribution >= 4 is 23.4 Å². The second-order valence-electron chi connectivity index (χ2n) is 9.36. The number of aryl methyl sites for hydroxylation is 4. The molecule has 0 fully saturated rings. The van der Waals surface area contributed by atoms with Crippen LogP contribution in [0.15, 0.2) is 35.5 Å². The molecule has 0 spiro atoms. The molecule has 2 heterocycles. The Hall–Kier alpha value is -2.93. The van der Waals surface area contributed by atoms with Crippen LogP contribution in [0.4, 0.5) is 5.69 Å². The number of amides is 1. The average Bonchev–Trinajstić information content (AvgIpc) is 2.93. The Morgan fingerprint density at radius 1 is 1.06 bits per heavy atom. The van der Waals surface area contributed by atoms with E-state index in [2.05, 4.69) is 56.1 Å². The van der Waals surface area contributed by atoms with Crippen molar-refractivity contribution in [3.05, 3.63) is 58.1 Å². The SMILES string of the molecule is CCC(=O)N1c2c(C)cc(C)cc2-c2nnc(SCC(C)C)nc2O[C@H]1c1ccc(C)c(C)c1. The number of carbonyl (C=O) groups is 1. The van der Waals surface area contributed by atoms with E-state index < -0.39 is 6.23 Å². The summed E-state index contributed by atoms with van der Waals surface area (Å²) in [6, 6.07) is 10.3. The van der Waals surface area contributed by atoms with Gasteiger partial charge < -0.3 is 4.74 Å². The van der Waals surface area contributed by atoms with Crippen molar-refractivity contribution in [3.63, 3.8) is 0 Å². The van der Waals surface area contributed by atoms with Gasteiger partial charge in [-0.05, 0) is 56.4 Å². The number of fused-ring (bicyclic) bond motifs is 3. The summed E-state index contributed by atoms with van der Waals surface area (Å²) in [6.45, 7) is 14.4. The number of anilines is 1. The van der Waals surface area contributed by atoms with Crippen LogP contribution in [0.3, 0.4) is 0 Å². The normalized spacial score (nSPS) is 14.9. The highest BCUT2D eigenvalue weighted by molar-refractivity contribution is 7.99. The summed E-state index contributed by atoms with van der Waals surface area (Å²) < 4.78 is 6.58. The topological polar surface area (TPSA) is 68.2 Å². The van der Waals surface area contributed by atoms with Crippen LogP contribution >= 0.6 is 11.8 Å². The van der Waals surface area contributed by atoms with Crippen molar-refractivity contribution in [2.24, 2.45) is 5.92 Å². The van der Waals surface area contributed by atoms with Gasteiger partial charge in [-0.1, -0.05) is 62.4 Å². The Morgan fingerprint density at radius 2 is 1.82 bits per heavy atom. The van der Waals surface area contributed by atoms with Crippen molar-refractivity contribution < 1.29 is 9.53 Å². The third kappa shape index (κ3) is 4.67. The molecule has 1 aliphatic heterocycles. The number of hydrogen-bond acceptors (Lipinski definition) is 6. The fourth-order valence-corrected chi connectivity index (χ4v) is 4.88. The van der Waals surface area contributed by atoms with Crippen molar-refractivity contribution in [2.75, 3.05) is 10.7 Å². The van der Waals surface area contributed by atoms with Gasteiger partial charge in [-0.3, -0.25) is 9.69 Å². The van der Waals surface area contributed by atoms with Gasteiger partial charge >= 0.3 is 0 Å². The lowest BCUT2D eigenvalue weighted by molar-refractivity contribution is -0.120. The molecule has 34 heavy (non-hydrogen) atoms. The van der Waals surface area contributed by atoms with E-state index in [-0.39, 0.29) is 5.91 Å². The van der Waals surface area contributed by atoms with Gasteiger partial charge in [-0.2, -0.15) is 4.98 Å². The Balaban J connectivity index is 1.97. The lowest BCUT2D eigenvalue weighted by Crippen LogP contribution is -2.37. The van der Waals surface area contributed by atoms with Crippen molar-refractivity contribution in [3.8, 4) is 17.1 Å². The van der Waals surface area contributed by atoms with Gasteiger partial charge in [0.05, 0.1) is 5.69 Å². The maximum atomic E-state index is 13.4. The molecule has 178 valence electrons. The predicted octanol–water partition coefficient (Wildman–Crippen LogP) is 6.35. The highest BCUT2D eigenvalue weighted by Crippen LogP contribution is 2.46. The molecular weight excluding hydrogens is 444 g/mol. The maximum absolute atomic E-state index is 13.4. The van der Waals surface area contributed by atoms with E-state index in [0.29, 0.717) is 29.1 Å². The van der Waals surface area contributed by atoms with Gasteiger partial charge in [0, 0.05) is 23.3 Å². The largest absolute Gasteiger partial charge is 0.447 e. The Morgan fingerprint density at radius 3 is 2.50 bits per heavy atom. The quantitative estimate of drug-likeness (QED) is 0.400. The summed E-state index contributed by atoms with van der Waals surface area (Å²) in [6.07, 6.45) is -0.310. The van der Waals surface area contributed by atoms with E-state index in [4.69, 9.17) is 9.72 Å². The van der Waals surface area contributed by atoms with Crippen LogP contribution in [0, 0.1) is 33.6 Å². The Kier molecular flexibility index (Phi) is 6.94. The minimum Gasteiger partial charge on any atom is -0.447 e. The molecule has 0 saturated heterocycles. The Labute approximate surface area is 206 Å². The van der Waals surface area contributed by atoms with Gasteiger partial charge in [0.1, 0.15) is 0 Å². The number of carbonyl (C=O) groups excluding carboxylic acids is 1. The molecule has 0 saturated carbocycles. The summed E-state index contributed by atoms with van der Waals surface area (Å²) in [5.74, 6) is 1.77. The minimum atomic E-state index is -0.659. The van der Waals surface area contributed by atoms with Crippen LogP contribution in [0.5, 0.6) is 5.88 Å². The number of hydrogen-bond donors (Lipinski definition) is 0. The zero-order valence-electron chi connectivity index (χ0n) is 21.0. The minimum absolute atomic E-state index is 0.0217. The summed E-state index contributed by atoms with van der Waals surface area (Å²) in [4.78, 5) is 20.0. The zero-order chi connectivity index (χ0) is 24.6. The van der Waals surface area contributed by atoms with Crippen LogP contribution < -0.4 is 9.64 Å². The second-order valence-corrected chi connectivity index (χ2v) is 10.3. The molecule has 0 N–H and O–H groups in total. The molecule has 4 rings (SSSR count). The molecule has 0 radical (unpaired) electrons. The van der Waals surface area contributed by atoms with Gasteiger partial charge in [0.25, 0.3) is 0 Å². The van der Waals surface area contributed by atoms with E-state index in [1.807, 2.05) is 32.9 Å². The number of ether oxygens (including phenoxy) is 1. The molecule has 0 bridgehead atoms. The molecule has 0 unspecified atom stereocenters. The Bertz CT molecular complexity index is 1240. The first-order valence-electron chi connectivity index (χ1n) is 11.7. The zero-order valence-corrected chi connectivity index (χ0v) is 21.8. The van der Waals surface area contributed by atoms with Crippen LogP contribution in [-0.4, -0.2) is 26.8 Å². The highest BCUT2D eigenvalue weighted by atomic mass is 32.2. The maximum Gasteiger partial charge on any atom is 0.247 e. The van der Waals surface area contributed by atoms with E-state index in [1.165, 1.54) is 5.56 Å². The molecular formula is C27H32N4O2S. The van der Waals surface area contributed by atoms with Crippen LogP contribution in [-0.2, 0) is 4.79 Å². The summed E-state index contributed by atoms with van der Waals surface area (Å²) >= 11 is 1.56. The molecule has 0 aliphatic carbocycles. The molecule has 6 nitrogen and oxygen atoms in total. The lowest BCUT2D eigenvalue weighted by atomic mass is 9.99. The summed E-state index contributed by atoms with van der Waals surface area (Å²) in [5.41, 5.74) is 7.49. The first kappa shape index (κ1) is 24.2. The monoisotopic (exact) mass is 476 g/mol.